The molecule has 0 aromatic heterocycles. The second-order valence-electron chi connectivity index (χ2n) is 5.52. The molecule has 2 aromatic carbocycles. The van der Waals surface area contributed by atoms with Crippen LogP contribution in [0.3, 0.4) is 0 Å². The lowest BCUT2D eigenvalue weighted by Gasteiger charge is -2.12. The van der Waals surface area contributed by atoms with Crippen LogP contribution in [0.15, 0.2) is 42.5 Å². The van der Waals surface area contributed by atoms with Gasteiger partial charge in [0.15, 0.2) is 0 Å². The van der Waals surface area contributed by atoms with Crippen molar-refractivity contribution in [3.05, 3.63) is 53.6 Å². The highest BCUT2D eigenvalue weighted by Crippen LogP contribution is 2.30. The maximum absolute atomic E-state index is 12.7. The molecular formula is C18H17F3N2O3. The van der Waals surface area contributed by atoms with E-state index in [2.05, 4.69) is 10.6 Å². The van der Waals surface area contributed by atoms with Crippen LogP contribution >= 0.6 is 0 Å². The molecule has 0 saturated carbocycles. The topological polar surface area (TPSA) is 67.4 Å². The first kappa shape index (κ1) is 19.3. The molecule has 5 nitrogen and oxygen atoms in total. The van der Waals surface area contributed by atoms with E-state index in [0.717, 1.165) is 12.1 Å². The number of hydrogen-bond donors (Lipinski definition) is 2. The van der Waals surface area contributed by atoms with Gasteiger partial charge in [0.25, 0.3) is 0 Å². The van der Waals surface area contributed by atoms with Gasteiger partial charge < -0.3 is 15.4 Å². The van der Waals surface area contributed by atoms with Crippen molar-refractivity contribution in [2.24, 2.45) is 0 Å². The number of halogens is 3. The fourth-order valence-electron chi connectivity index (χ4n) is 2.32. The van der Waals surface area contributed by atoms with Crippen LogP contribution in [-0.2, 0) is 22.2 Å². The number of nitrogens with one attached hydrogen (secondary N) is 2. The number of carbonyl (C=O) groups is 2. The van der Waals surface area contributed by atoms with E-state index < -0.39 is 17.6 Å². The Balaban J connectivity index is 2.12. The Kier molecular flexibility index (Phi) is 5.86. The van der Waals surface area contributed by atoms with Gasteiger partial charge >= 0.3 is 6.18 Å². The predicted octanol–water partition coefficient (Wildman–Crippen LogP) is 3.85. The summed E-state index contributed by atoms with van der Waals surface area (Å²) in [6.45, 7) is 1.33. The Morgan fingerprint density at radius 1 is 1.08 bits per heavy atom. The van der Waals surface area contributed by atoms with Crippen molar-refractivity contribution in [1.29, 1.82) is 0 Å². The quantitative estimate of drug-likeness (QED) is 0.845. The number of hydrogen-bond acceptors (Lipinski definition) is 3. The Morgan fingerprint density at radius 3 is 2.42 bits per heavy atom. The standard InChI is InChI=1S/C18H17F3N2O3/c1-11(24)22-15-10-14(6-7-16(15)26-2)23-17(25)9-12-4-3-5-13(8-12)18(19,20)21/h3-8,10H,9H2,1-2H3,(H,22,24)(H,23,25). The van der Waals surface area contributed by atoms with Crippen molar-refractivity contribution in [3.8, 4) is 5.75 Å². The summed E-state index contributed by atoms with van der Waals surface area (Å²) in [6.07, 6.45) is -4.68. The van der Waals surface area contributed by atoms with Gasteiger partial charge in [-0.15, -0.1) is 0 Å². The Morgan fingerprint density at radius 2 is 1.81 bits per heavy atom. The predicted molar refractivity (Wildman–Crippen MR) is 91.1 cm³/mol. The normalized spacial score (nSPS) is 11.0. The summed E-state index contributed by atoms with van der Waals surface area (Å²) < 4.78 is 43.3. The number of ether oxygens (including phenoxy) is 1. The zero-order valence-electron chi connectivity index (χ0n) is 14.1. The summed E-state index contributed by atoms with van der Waals surface area (Å²) in [7, 11) is 1.44. The molecule has 0 radical (unpaired) electrons. The largest absolute Gasteiger partial charge is 0.495 e. The van der Waals surface area contributed by atoms with Crippen LogP contribution in [0.5, 0.6) is 5.75 Å². The summed E-state index contributed by atoms with van der Waals surface area (Å²) in [5.41, 5.74) is 0.191. The average Bonchev–Trinajstić information content (AvgIpc) is 2.54. The fraction of sp³-hybridized carbons (Fsp3) is 0.222. The summed E-state index contributed by atoms with van der Waals surface area (Å²) in [5, 5.41) is 5.16. The van der Waals surface area contributed by atoms with E-state index in [4.69, 9.17) is 4.74 Å². The smallest absolute Gasteiger partial charge is 0.416 e. The third-order valence-corrected chi connectivity index (χ3v) is 3.41. The molecule has 0 spiro atoms. The molecule has 2 N–H and O–H groups in total. The SMILES string of the molecule is COc1ccc(NC(=O)Cc2cccc(C(F)(F)F)c2)cc1NC(C)=O. The van der Waals surface area contributed by atoms with Gasteiger partial charge in [-0.05, 0) is 29.8 Å². The number of benzene rings is 2. The lowest BCUT2D eigenvalue weighted by atomic mass is 10.1. The lowest BCUT2D eigenvalue weighted by molar-refractivity contribution is -0.137. The monoisotopic (exact) mass is 366 g/mol. The van der Waals surface area contributed by atoms with Crippen LogP contribution in [0.4, 0.5) is 24.5 Å². The van der Waals surface area contributed by atoms with Crippen LogP contribution in [0.2, 0.25) is 0 Å². The molecule has 2 aromatic rings. The number of carbonyl (C=O) groups excluding carboxylic acids is 2. The highest BCUT2D eigenvalue weighted by Gasteiger charge is 2.30. The van der Waals surface area contributed by atoms with Gasteiger partial charge in [0.2, 0.25) is 11.8 Å². The fourth-order valence-corrected chi connectivity index (χ4v) is 2.32. The summed E-state index contributed by atoms with van der Waals surface area (Å²) >= 11 is 0. The minimum atomic E-state index is -4.46. The molecule has 8 heteroatoms. The number of rotatable bonds is 5. The van der Waals surface area contributed by atoms with E-state index in [1.54, 1.807) is 12.1 Å². The van der Waals surface area contributed by atoms with Gasteiger partial charge in [0.1, 0.15) is 5.75 Å². The Labute approximate surface area is 148 Å². The molecule has 0 aliphatic carbocycles. The molecular weight excluding hydrogens is 349 g/mol. The van der Waals surface area contributed by atoms with Crippen LogP contribution in [-0.4, -0.2) is 18.9 Å². The second-order valence-corrected chi connectivity index (χ2v) is 5.52. The summed E-state index contributed by atoms with van der Waals surface area (Å²) in [4.78, 5) is 23.3. The third kappa shape index (κ3) is 5.23. The number of amides is 2. The van der Waals surface area contributed by atoms with Crippen LogP contribution < -0.4 is 15.4 Å². The first-order chi connectivity index (χ1) is 12.2. The van der Waals surface area contributed by atoms with Gasteiger partial charge in [-0.2, -0.15) is 13.2 Å². The van der Waals surface area contributed by atoms with E-state index in [1.807, 2.05) is 0 Å². The summed E-state index contributed by atoms with van der Waals surface area (Å²) in [6, 6.07) is 9.23. The maximum atomic E-state index is 12.7. The first-order valence-electron chi connectivity index (χ1n) is 7.60. The van der Waals surface area contributed by atoms with Gasteiger partial charge in [-0.3, -0.25) is 9.59 Å². The van der Waals surface area contributed by atoms with Crippen LogP contribution in [0.25, 0.3) is 0 Å². The Hall–Kier alpha value is -3.03. The van der Waals surface area contributed by atoms with Crippen molar-refractivity contribution >= 4 is 23.2 Å². The van der Waals surface area contributed by atoms with Gasteiger partial charge in [-0.25, -0.2) is 0 Å². The molecule has 0 aliphatic rings. The maximum Gasteiger partial charge on any atom is 0.416 e. The minimum Gasteiger partial charge on any atom is -0.495 e. The van der Waals surface area contributed by atoms with E-state index >= 15 is 0 Å². The average molecular weight is 366 g/mol. The lowest BCUT2D eigenvalue weighted by Crippen LogP contribution is -2.15. The van der Waals surface area contributed by atoms with E-state index in [-0.39, 0.29) is 17.9 Å². The van der Waals surface area contributed by atoms with Crippen molar-refractivity contribution in [1.82, 2.24) is 0 Å². The van der Waals surface area contributed by atoms with Crippen molar-refractivity contribution < 1.29 is 27.5 Å². The molecule has 0 saturated heterocycles. The van der Waals surface area contributed by atoms with Crippen LogP contribution in [0, 0.1) is 0 Å². The minimum absolute atomic E-state index is 0.217. The first-order valence-corrected chi connectivity index (χ1v) is 7.60. The second kappa shape index (κ2) is 7.90. The number of alkyl halides is 3. The molecule has 0 bridgehead atoms. The molecule has 0 heterocycles. The zero-order valence-corrected chi connectivity index (χ0v) is 14.1. The van der Waals surface area contributed by atoms with Crippen molar-refractivity contribution in [3.63, 3.8) is 0 Å². The molecule has 0 fully saturated rings. The Bertz CT molecular complexity index is 820. The van der Waals surface area contributed by atoms with Crippen molar-refractivity contribution in [2.75, 3.05) is 17.7 Å². The zero-order chi connectivity index (χ0) is 19.3. The van der Waals surface area contributed by atoms with E-state index in [9.17, 15) is 22.8 Å². The van der Waals surface area contributed by atoms with E-state index in [0.29, 0.717) is 17.1 Å². The molecule has 138 valence electrons. The summed E-state index contributed by atoms with van der Waals surface area (Å²) in [5.74, 6) is -0.380. The highest BCUT2D eigenvalue weighted by atomic mass is 19.4. The van der Waals surface area contributed by atoms with Gasteiger partial charge in [0, 0.05) is 12.6 Å². The van der Waals surface area contributed by atoms with Gasteiger partial charge in [0.05, 0.1) is 24.8 Å². The molecule has 0 atom stereocenters. The van der Waals surface area contributed by atoms with Crippen molar-refractivity contribution in [2.45, 2.75) is 19.5 Å². The van der Waals surface area contributed by atoms with Gasteiger partial charge in [-0.1, -0.05) is 18.2 Å². The van der Waals surface area contributed by atoms with E-state index in [1.165, 1.54) is 32.2 Å². The molecule has 2 rings (SSSR count). The molecule has 2 amide bonds. The third-order valence-electron chi connectivity index (χ3n) is 3.41. The molecule has 0 unspecified atom stereocenters. The molecule has 26 heavy (non-hydrogen) atoms. The number of anilines is 2. The highest BCUT2D eigenvalue weighted by molar-refractivity contribution is 5.95. The number of methoxy groups -OCH3 is 1. The van der Waals surface area contributed by atoms with Crippen LogP contribution in [0.1, 0.15) is 18.1 Å². The molecule has 0 aliphatic heterocycles.